The Hall–Kier alpha value is -2.54. The van der Waals surface area contributed by atoms with Crippen molar-refractivity contribution in [3.05, 3.63) is 45.8 Å². The van der Waals surface area contributed by atoms with Crippen LogP contribution in [0.4, 0.5) is 0 Å². The SMILES string of the molecule is CCOC(=O)c1cnc(-c2cnc3ccsc3c2)[nH]c1=O. The van der Waals surface area contributed by atoms with E-state index in [9.17, 15) is 9.59 Å². The van der Waals surface area contributed by atoms with Gasteiger partial charge in [0.2, 0.25) is 0 Å². The van der Waals surface area contributed by atoms with Crippen LogP contribution in [-0.2, 0) is 4.74 Å². The van der Waals surface area contributed by atoms with Crippen LogP contribution in [0.3, 0.4) is 0 Å². The molecule has 21 heavy (non-hydrogen) atoms. The Morgan fingerprint density at radius 2 is 2.24 bits per heavy atom. The predicted octanol–water partition coefficient (Wildman–Crippen LogP) is 2.22. The van der Waals surface area contributed by atoms with Crippen molar-refractivity contribution in [3.63, 3.8) is 0 Å². The maximum Gasteiger partial charge on any atom is 0.345 e. The van der Waals surface area contributed by atoms with Gasteiger partial charge in [-0.25, -0.2) is 9.78 Å². The molecule has 0 aliphatic rings. The van der Waals surface area contributed by atoms with Gasteiger partial charge < -0.3 is 9.72 Å². The lowest BCUT2D eigenvalue weighted by Crippen LogP contribution is -2.21. The predicted molar refractivity (Wildman–Crippen MR) is 79.4 cm³/mol. The Balaban J connectivity index is 2.01. The zero-order valence-electron chi connectivity index (χ0n) is 11.1. The van der Waals surface area contributed by atoms with E-state index >= 15 is 0 Å². The first-order valence-corrected chi connectivity index (χ1v) is 7.17. The lowest BCUT2D eigenvalue weighted by molar-refractivity contribution is 0.0524. The van der Waals surface area contributed by atoms with E-state index < -0.39 is 11.5 Å². The third kappa shape index (κ3) is 2.55. The van der Waals surface area contributed by atoms with Crippen LogP contribution < -0.4 is 5.56 Å². The minimum absolute atomic E-state index is 0.106. The van der Waals surface area contributed by atoms with Gasteiger partial charge in [0, 0.05) is 18.0 Å². The number of hydrogen-bond acceptors (Lipinski definition) is 6. The maximum absolute atomic E-state index is 11.9. The van der Waals surface area contributed by atoms with Crippen LogP contribution >= 0.6 is 11.3 Å². The van der Waals surface area contributed by atoms with Crippen molar-refractivity contribution in [3.8, 4) is 11.4 Å². The van der Waals surface area contributed by atoms with Crippen LogP contribution in [0.15, 0.2) is 34.7 Å². The summed E-state index contributed by atoms with van der Waals surface area (Å²) in [7, 11) is 0. The lowest BCUT2D eigenvalue weighted by atomic mass is 10.2. The molecule has 3 aromatic heterocycles. The van der Waals surface area contributed by atoms with Crippen molar-refractivity contribution in [1.29, 1.82) is 0 Å². The molecule has 0 aromatic carbocycles. The van der Waals surface area contributed by atoms with E-state index in [1.165, 1.54) is 6.20 Å². The summed E-state index contributed by atoms with van der Waals surface area (Å²) in [5, 5.41) is 1.95. The minimum Gasteiger partial charge on any atom is -0.462 e. The summed E-state index contributed by atoms with van der Waals surface area (Å²) < 4.78 is 5.80. The smallest absolute Gasteiger partial charge is 0.345 e. The molecule has 0 bridgehead atoms. The topological polar surface area (TPSA) is 84.9 Å². The summed E-state index contributed by atoms with van der Waals surface area (Å²) in [6, 6.07) is 3.82. The Morgan fingerprint density at radius 3 is 3.00 bits per heavy atom. The molecule has 0 unspecified atom stereocenters. The molecular formula is C14H11N3O3S. The fraction of sp³-hybridized carbons (Fsp3) is 0.143. The largest absolute Gasteiger partial charge is 0.462 e. The number of fused-ring (bicyclic) bond motifs is 1. The second-order valence-corrected chi connectivity index (χ2v) is 5.17. The van der Waals surface area contributed by atoms with Crippen LogP contribution in [0.1, 0.15) is 17.3 Å². The highest BCUT2D eigenvalue weighted by Crippen LogP contribution is 2.23. The quantitative estimate of drug-likeness (QED) is 0.750. The first-order chi connectivity index (χ1) is 10.2. The molecule has 3 rings (SSSR count). The van der Waals surface area contributed by atoms with Crippen LogP contribution in [-0.4, -0.2) is 27.5 Å². The molecule has 106 valence electrons. The Kier molecular flexibility index (Phi) is 3.49. The van der Waals surface area contributed by atoms with Gasteiger partial charge >= 0.3 is 5.97 Å². The fourth-order valence-corrected chi connectivity index (χ4v) is 2.65. The number of pyridine rings is 1. The highest BCUT2D eigenvalue weighted by Gasteiger charge is 2.13. The van der Waals surface area contributed by atoms with Crippen molar-refractivity contribution >= 4 is 27.5 Å². The third-order valence-electron chi connectivity index (χ3n) is 2.87. The normalized spacial score (nSPS) is 10.7. The Bertz CT molecular complexity index is 869. The van der Waals surface area contributed by atoms with Gasteiger partial charge in [0.1, 0.15) is 11.4 Å². The molecular weight excluding hydrogens is 290 g/mol. The van der Waals surface area contributed by atoms with Crippen LogP contribution in [0.2, 0.25) is 0 Å². The zero-order chi connectivity index (χ0) is 14.8. The molecule has 0 aliphatic heterocycles. The molecule has 0 spiro atoms. The summed E-state index contributed by atoms with van der Waals surface area (Å²) in [6.07, 6.45) is 2.86. The highest BCUT2D eigenvalue weighted by molar-refractivity contribution is 7.17. The summed E-state index contributed by atoms with van der Waals surface area (Å²) >= 11 is 1.56. The highest BCUT2D eigenvalue weighted by atomic mass is 32.1. The van der Waals surface area contributed by atoms with E-state index in [1.807, 2.05) is 17.5 Å². The van der Waals surface area contributed by atoms with Crippen molar-refractivity contribution in [2.45, 2.75) is 6.92 Å². The number of carbonyl (C=O) groups excluding carboxylic acids is 1. The zero-order valence-corrected chi connectivity index (χ0v) is 11.9. The maximum atomic E-state index is 11.9. The molecule has 0 saturated carbocycles. The average Bonchev–Trinajstić information content (AvgIpc) is 2.94. The fourth-order valence-electron chi connectivity index (χ4n) is 1.87. The third-order valence-corrected chi connectivity index (χ3v) is 3.72. The number of aromatic amines is 1. The number of thiophene rings is 1. The van der Waals surface area contributed by atoms with E-state index in [0.29, 0.717) is 11.4 Å². The monoisotopic (exact) mass is 301 g/mol. The van der Waals surface area contributed by atoms with Crippen LogP contribution in [0.5, 0.6) is 0 Å². The minimum atomic E-state index is -0.676. The molecule has 6 nitrogen and oxygen atoms in total. The number of rotatable bonds is 3. The molecule has 0 amide bonds. The second-order valence-electron chi connectivity index (χ2n) is 4.22. The van der Waals surface area contributed by atoms with Gasteiger partial charge in [-0.1, -0.05) is 0 Å². The Morgan fingerprint density at radius 1 is 1.38 bits per heavy atom. The molecule has 1 N–H and O–H groups in total. The van der Waals surface area contributed by atoms with Gasteiger partial charge in [-0.15, -0.1) is 11.3 Å². The lowest BCUT2D eigenvalue weighted by Gasteiger charge is -2.03. The first-order valence-electron chi connectivity index (χ1n) is 6.29. The van der Waals surface area contributed by atoms with Crippen molar-refractivity contribution in [1.82, 2.24) is 15.0 Å². The van der Waals surface area contributed by atoms with Gasteiger partial charge in [0.15, 0.2) is 0 Å². The average molecular weight is 301 g/mol. The summed E-state index contributed by atoms with van der Waals surface area (Å²) in [5.74, 6) is -0.305. The molecule has 0 saturated heterocycles. The van der Waals surface area contributed by atoms with E-state index in [0.717, 1.165) is 10.2 Å². The summed E-state index contributed by atoms with van der Waals surface area (Å²) in [4.78, 5) is 34.5. The Labute approximate surface area is 123 Å². The van der Waals surface area contributed by atoms with Crippen LogP contribution in [0, 0.1) is 0 Å². The molecule has 3 aromatic rings. The molecule has 0 aliphatic carbocycles. The standard InChI is InChI=1S/C14H11N3O3S/c1-2-20-14(19)9-7-16-12(17-13(9)18)8-5-11-10(15-6-8)3-4-21-11/h3-7H,2H2,1H3,(H,16,17,18). The van der Waals surface area contributed by atoms with E-state index in [-0.39, 0.29) is 12.2 Å². The number of ether oxygens (including phenoxy) is 1. The summed E-state index contributed by atoms with van der Waals surface area (Å²) in [6.45, 7) is 1.88. The van der Waals surface area contributed by atoms with Gasteiger partial charge in [-0.3, -0.25) is 9.78 Å². The summed E-state index contributed by atoms with van der Waals surface area (Å²) in [5.41, 5.74) is 0.960. The molecule has 3 heterocycles. The number of nitrogens with zero attached hydrogens (tertiary/aromatic N) is 2. The molecule has 0 fully saturated rings. The first kappa shape index (κ1) is 13.4. The molecule has 0 radical (unpaired) electrons. The number of carbonyl (C=O) groups is 1. The number of H-pyrrole nitrogens is 1. The van der Waals surface area contributed by atoms with Crippen molar-refractivity contribution < 1.29 is 9.53 Å². The van der Waals surface area contributed by atoms with E-state index in [4.69, 9.17) is 4.74 Å². The number of esters is 1. The van der Waals surface area contributed by atoms with E-state index in [2.05, 4.69) is 15.0 Å². The number of aromatic nitrogens is 3. The number of nitrogens with one attached hydrogen (secondary N) is 1. The van der Waals surface area contributed by atoms with Crippen molar-refractivity contribution in [2.24, 2.45) is 0 Å². The van der Waals surface area contributed by atoms with Gasteiger partial charge in [0.25, 0.3) is 5.56 Å². The molecule has 0 atom stereocenters. The van der Waals surface area contributed by atoms with Gasteiger partial charge in [-0.2, -0.15) is 0 Å². The van der Waals surface area contributed by atoms with Gasteiger partial charge in [0.05, 0.1) is 16.8 Å². The van der Waals surface area contributed by atoms with Crippen LogP contribution in [0.25, 0.3) is 21.6 Å². The van der Waals surface area contributed by atoms with Crippen molar-refractivity contribution in [2.75, 3.05) is 6.61 Å². The number of hydrogen-bond donors (Lipinski definition) is 1. The van der Waals surface area contributed by atoms with E-state index in [1.54, 1.807) is 24.5 Å². The second kappa shape index (κ2) is 5.45. The molecule has 7 heteroatoms. The van der Waals surface area contributed by atoms with Gasteiger partial charge in [-0.05, 0) is 24.4 Å².